The normalized spacial score (nSPS) is 12.1. The molecule has 0 saturated carbocycles. The fourth-order valence-electron chi connectivity index (χ4n) is 1.76. The van der Waals surface area contributed by atoms with Crippen LogP contribution in [0.15, 0.2) is 30.3 Å². The van der Waals surface area contributed by atoms with E-state index in [1.165, 1.54) is 0 Å². The maximum absolute atomic E-state index is 11.8. The zero-order valence-electron chi connectivity index (χ0n) is 10.1. The molecule has 0 spiro atoms. The van der Waals surface area contributed by atoms with Crippen molar-refractivity contribution in [3.05, 3.63) is 35.9 Å². The lowest BCUT2D eigenvalue weighted by Gasteiger charge is -2.15. The molecule has 88 valence electrons. The van der Waals surface area contributed by atoms with Gasteiger partial charge in [0.2, 0.25) is 0 Å². The molecule has 16 heavy (non-hydrogen) atoms. The summed E-state index contributed by atoms with van der Waals surface area (Å²) in [6, 6.07) is 9.89. The number of carbonyl (C=O) groups excluding carboxylic acids is 1. The Morgan fingerprint density at radius 3 is 2.50 bits per heavy atom. The molecular weight excluding hydrogens is 200 g/mol. The van der Waals surface area contributed by atoms with Crippen LogP contribution in [0.5, 0.6) is 0 Å². The second-order valence-electron chi connectivity index (χ2n) is 3.86. The molecule has 0 fully saturated rings. The molecule has 0 N–H and O–H groups in total. The van der Waals surface area contributed by atoms with Crippen LogP contribution < -0.4 is 0 Å². The highest BCUT2D eigenvalue weighted by molar-refractivity contribution is 5.78. The largest absolute Gasteiger partial charge is 0.466 e. The Kier molecular flexibility index (Phi) is 5.62. The first-order chi connectivity index (χ1) is 7.79. The molecule has 0 radical (unpaired) electrons. The van der Waals surface area contributed by atoms with Crippen LogP contribution in [0.25, 0.3) is 0 Å². The van der Waals surface area contributed by atoms with Crippen molar-refractivity contribution in [2.75, 3.05) is 6.61 Å². The fourth-order valence-corrected chi connectivity index (χ4v) is 1.76. The summed E-state index contributed by atoms with van der Waals surface area (Å²) in [4.78, 5) is 11.8. The average Bonchev–Trinajstić information content (AvgIpc) is 2.31. The minimum Gasteiger partial charge on any atom is -0.466 e. The molecule has 1 rings (SSSR count). The van der Waals surface area contributed by atoms with E-state index in [0.29, 0.717) is 6.61 Å². The SMILES string of the molecule is CCCC[C@H](C(=O)OCC)c1ccccc1. The van der Waals surface area contributed by atoms with E-state index in [1.807, 2.05) is 37.3 Å². The van der Waals surface area contributed by atoms with Gasteiger partial charge in [-0.15, -0.1) is 0 Å². The van der Waals surface area contributed by atoms with Crippen molar-refractivity contribution in [2.45, 2.75) is 39.0 Å². The van der Waals surface area contributed by atoms with Crippen molar-refractivity contribution in [3.8, 4) is 0 Å². The van der Waals surface area contributed by atoms with E-state index in [4.69, 9.17) is 4.74 Å². The lowest BCUT2D eigenvalue weighted by Crippen LogP contribution is -2.16. The zero-order valence-corrected chi connectivity index (χ0v) is 10.1. The predicted octanol–water partition coefficient (Wildman–Crippen LogP) is 3.52. The van der Waals surface area contributed by atoms with Crippen molar-refractivity contribution in [2.24, 2.45) is 0 Å². The van der Waals surface area contributed by atoms with E-state index in [0.717, 1.165) is 24.8 Å². The van der Waals surface area contributed by atoms with Gasteiger partial charge in [-0.1, -0.05) is 50.1 Å². The summed E-state index contributed by atoms with van der Waals surface area (Å²) in [5, 5.41) is 0. The molecule has 0 heterocycles. The van der Waals surface area contributed by atoms with Crippen LogP contribution in [-0.4, -0.2) is 12.6 Å². The summed E-state index contributed by atoms with van der Waals surface area (Å²) >= 11 is 0. The monoisotopic (exact) mass is 220 g/mol. The number of unbranched alkanes of at least 4 members (excludes halogenated alkanes) is 1. The minimum atomic E-state index is -0.0962. The third-order valence-electron chi connectivity index (χ3n) is 2.62. The first kappa shape index (κ1) is 12.8. The second-order valence-corrected chi connectivity index (χ2v) is 3.86. The van der Waals surface area contributed by atoms with Crippen molar-refractivity contribution in [1.82, 2.24) is 0 Å². The number of rotatable bonds is 6. The van der Waals surface area contributed by atoms with Gasteiger partial charge < -0.3 is 4.74 Å². The number of carbonyl (C=O) groups is 1. The zero-order chi connectivity index (χ0) is 11.8. The first-order valence-electron chi connectivity index (χ1n) is 6.01. The number of esters is 1. The molecule has 2 nitrogen and oxygen atoms in total. The molecule has 1 atom stereocenters. The number of hydrogen-bond acceptors (Lipinski definition) is 2. The summed E-state index contributed by atoms with van der Waals surface area (Å²) in [5.41, 5.74) is 1.06. The van der Waals surface area contributed by atoms with E-state index in [1.54, 1.807) is 0 Å². The fraction of sp³-hybridized carbons (Fsp3) is 0.500. The predicted molar refractivity (Wildman–Crippen MR) is 65.3 cm³/mol. The van der Waals surface area contributed by atoms with Crippen LogP contribution in [0.4, 0.5) is 0 Å². The number of benzene rings is 1. The highest BCUT2D eigenvalue weighted by Gasteiger charge is 2.20. The highest BCUT2D eigenvalue weighted by atomic mass is 16.5. The topological polar surface area (TPSA) is 26.3 Å². The molecule has 1 aromatic rings. The smallest absolute Gasteiger partial charge is 0.313 e. The average molecular weight is 220 g/mol. The third-order valence-corrected chi connectivity index (χ3v) is 2.62. The van der Waals surface area contributed by atoms with Crippen molar-refractivity contribution >= 4 is 5.97 Å². The molecule has 0 unspecified atom stereocenters. The van der Waals surface area contributed by atoms with Crippen LogP contribution >= 0.6 is 0 Å². The Morgan fingerprint density at radius 1 is 1.25 bits per heavy atom. The Hall–Kier alpha value is -1.31. The summed E-state index contributed by atoms with van der Waals surface area (Å²) in [6.07, 6.45) is 3.03. The van der Waals surface area contributed by atoms with Gasteiger partial charge in [-0.3, -0.25) is 4.79 Å². The third kappa shape index (κ3) is 3.69. The Balaban J connectivity index is 2.74. The lowest BCUT2D eigenvalue weighted by molar-refractivity contribution is -0.145. The van der Waals surface area contributed by atoms with Crippen molar-refractivity contribution in [3.63, 3.8) is 0 Å². The quantitative estimate of drug-likeness (QED) is 0.686. The molecule has 2 heteroatoms. The van der Waals surface area contributed by atoms with Gasteiger partial charge in [-0.05, 0) is 18.9 Å². The van der Waals surface area contributed by atoms with Crippen LogP contribution in [0.3, 0.4) is 0 Å². The standard InChI is InChI=1S/C14H20O2/c1-3-5-11-13(14(15)16-4-2)12-9-7-6-8-10-12/h6-10,13H,3-5,11H2,1-2H3/t13-/m0/s1. The van der Waals surface area contributed by atoms with Crippen LogP contribution in [0, 0.1) is 0 Å². The molecule has 0 aliphatic carbocycles. The van der Waals surface area contributed by atoms with E-state index >= 15 is 0 Å². The van der Waals surface area contributed by atoms with Gasteiger partial charge in [-0.25, -0.2) is 0 Å². The Labute approximate surface area is 97.6 Å². The summed E-state index contributed by atoms with van der Waals surface area (Å²) in [6.45, 7) is 4.43. The Morgan fingerprint density at radius 2 is 1.94 bits per heavy atom. The first-order valence-corrected chi connectivity index (χ1v) is 6.01. The van der Waals surface area contributed by atoms with Crippen LogP contribution in [0.1, 0.15) is 44.6 Å². The van der Waals surface area contributed by atoms with Gasteiger partial charge in [0.15, 0.2) is 0 Å². The van der Waals surface area contributed by atoms with E-state index < -0.39 is 0 Å². The van der Waals surface area contributed by atoms with E-state index in [9.17, 15) is 4.79 Å². The maximum Gasteiger partial charge on any atom is 0.313 e. The van der Waals surface area contributed by atoms with Gasteiger partial charge in [0.25, 0.3) is 0 Å². The van der Waals surface area contributed by atoms with Crippen LogP contribution in [0.2, 0.25) is 0 Å². The maximum atomic E-state index is 11.8. The number of hydrogen-bond donors (Lipinski definition) is 0. The Bertz CT molecular complexity index is 306. The van der Waals surface area contributed by atoms with Gasteiger partial charge in [0.1, 0.15) is 0 Å². The van der Waals surface area contributed by atoms with Gasteiger partial charge in [0.05, 0.1) is 12.5 Å². The molecule has 0 bridgehead atoms. The molecular formula is C14H20O2. The molecule has 1 aromatic carbocycles. The molecule has 0 aliphatic heterocycles. The molecule has 0 aliphatic rings. The van der Waals surface area contributed by atoms with Gasteiger partial charge >= 0.3 is 5.97 Å². The van der Waals surface area contributed by atoms with Gasteiger partial charge in [0, 0.05) is 0 Å². The molecule has 0 aromatic heterocycles. The van der Waals surface area contributed by atoms with Crippen molar-refractivity contribution < 1.29 is 9.53 Å². The van der Waals surface area contributed by atoms with Crippen LogP contribution in [-0.2, 0) is 9.53 Å². The lowest BCUT2D eigenvalue weighted by atomic mass is 9.94. The van der Waals surface area contributed by atoms with Crippen molar-refractivity contribution in [1.29, 1.82) is 0 Å². The summed E-state index contributed by atoms with van der Waals surface area (Å²) in [7, 11) is 0. The molecule has 0 saturated heterocycles. The van der Waals surface area contributed by atoms with E-state index in [-0.39, 0.29) is 11.9 Å². The van der Waals surface area contributed by atoms with Gasteiger partial charge in [-0.2, -0.15) is 0 Å². The minimum absolute atomic E-state index is 0.0952. The number of ether oxygens (including phenoxy) is 1. The summed E-state index contributed by atoms with van der Waals surface area (Å²) < 4.78 is 5.12. The second kappa shape index (κ2) is 7.04. The summed E-state index contributed by atoms with van der Waals surface area (Å²) in [5.74, 6) is -0.191. The van der Waals surface area contributed by atoms with E-state index in [2.05, 4.69) is 6.92 Å². The molecule has 0 amide bonds. The highest BCUT2D eigenvalue weighted by Crippen LogP contribution is 2.23.